The van der Waals surface area contributed by atoms with E-state index in [1.165, 1.54) is 4.90 Å². The van der Waals surface area contributed by atoms with Crippen molar-refractivity contribution in [3.8, 4) is 0 Å². The highest BCUT2D eigenvalue weighted by Gasteiger charge is 2.44. The zero-order valence-electron chi connectivity index (χ0n) is 20.3. The standard InChI is InChI=1S/C22H37N5O7/c1-22(2,3)16-12-18(29)27(21(16)34)5-4-23-17(28)13-24-6-8-25(14-19(30)31)10-11-26(9-7-24)15-20(32)33/h16H,4-15H2,1-3H3,(H,23,28)(H,30,31)(H,32,33). The Morgan fingerprint density at radius 2 is 1.29 bits per heavy atom. The second-order valence-electron chi connectivity index (χ2n) is 9.97. The van der Waals surface area contributed by atoms with E-state index >= 15 is 0 Å². The zero-order chi connectivity index (χ0) is 25.5. The van der Waals surface area contributed by atoms with Crippen molar-refractivity contribution in [1.29, 1.82) is 0 Å². The fourth-order valence-electron chi connectivity index (χ4n) is 4.20. The van der Waals surface area contributed by atoms with Crippen molar-refractivity contribution in [2.45, 2.75) is 27.2 Å². The van der Waals surface area contributed by atoms with Gasteiger partial charge < -0.3 is 15.5 Å². The van der Waals surface area contributed by atoms with Gasteiger partial charge in [0.05, 0.1) is 25.6 Å². The third kappa shape index (κ3) is 8.65. The number of likely N-dealkylation sites (tertiary alicyclic amines) is 1. The predicted molar refractivity (Wildman–Crippen MR) is 122 cm³/mol. The van der Waals surface area contributed by atoms with Gasteiger partial charge >= 0.3 is 11.9 Å². The number of carboxylic acid groups (broad SMARTS) is 2. The molecule has 0 aromatic carbocycles. The number of rotatable bonds is 9. The fourth-order valence-corrected chi connectivity index (χ4v) is 4.20. The van der Waals surface area contributed by atoms with Gasteiger partial charge in [-0.05, 0) is 5.41 Å². The maximum Gasteiger partial charge on any atom is 0.317 e. The molecule has 2 fully saturated rings. The summed E-state index contributed by atoms with van der Waals surface area (Å²) < 4.78 is 0. The van der Waals surface area contributed by atoms with Crippen molar-refractivity contribution in [2.24, 2.45) is 11.3 Å². The Bertz CT molecular complexity index is 754. The SMILES string of the molecule is CC(C)(C)C1CC(=O)N(CCNC(=O)CN2CCN(CC(=O)O)CCN(CC(=O)O)CC2)C1=O. The van der Waals surface area contributed by atoms with Crippen LogP contribution in [0.1, 0.15) is 27.2 Å². The Kier molecular flexibility index (Phi) is 9.95. The maximum atomic E-state index is 12.6. The number of imide groups is 1. The molecule has 2 heterocycles. The van der Waals surface area contributed by atoms with Crippen LogP contribution in [0.15, 0.2) is 0 Å². The summed E-state index contributed by atoms with van der Waals surface area (Å²) in [5.74, 6) is -3.00. The average Bonchev–Trinajstić information content (AvgIpc) is 3.04. The van der Waals surface area contributed by atoms with Gasteiger partial charge in [0.2, 0.25) is 17.7 Å². The predicted octanol–water partition coefficient (Wildman–Crippen LogP) is -1.39. The number of nitrogens with one attached hydrogen (secondary N) is 1. The molecule has 0 bridgehead atoms. The zero-order valence-corrected chi connectivity index (χ0v) is 20.3. The van der Waals surface area contributed by atoms with Gasteiger partial charge in [0.25, 0.3) is 0 Å². The smallest absolute Gasteiger partial charge is 0.317 e. The molecule has 3 amide bonds. The van der Waals surface area contributed by atoms with Gasteiger partial charge in [-0.25, -0.2) is 0 Å². The number of carboxylic acids is 2. The number of aliphatic carboxylic acids is 2. The molecule has 0 aromatic heterocycles. The van der Waals surface area contributed by atoms with Crippen LogP contribution in [-0.2, 0) is 24.0 Å². The molecule has 2 aliphatic heterocycles. The van der Waals surface area contributed by atoms with Crippen molar-refractivity contribution < 1.29 is 34.2 Å². The van der Waals surface area contributed by atoms with E-state index in [4.69, 9.17) is 10.2 Å². The van der Waals surface area contributed by atoms with E-state index in [2.05, 4.69) is 5.32 Å². The van der Waals surface area contributed by atoms with Crippen LogP contribution in [-0.4, -0.2) is 131 Å². The highest BCUT2D eigenvalue weighted by molar-refractivity contribution is 6.03. The lowest BCUT2D eigenvalue weighted by molar-refractivity contribution is -0.141. The Labute approximate surface area is 199 Å². The number of amides is 3. The Balaban J connectivity index is 1.87. The quantitative estimate of drug-likeness (QED) is 0.335. The van der Waals surface area contributed by atoms with Gasteiger partial charge in [-0.3, -0.25) is 43.6 Å². The average molecular weight is 484 g/mol. The van der Waals surface area contributed by atoms with Crippen molar-refractivity contribution >= 4 is 29.7 Å². The van der Waals surface area contributed by atoms with Crippen LogP contribution in [0.4, 0.5) is 0 Å². The first-order chi connectivity index (χ1) is 15.9. The van der Waals surface area contributed by atoms with E-state index in [1.807, 2.05) is 25.7 Å². The monoisotopic (exact) mass is 483 g/mol. The summed E-state index contributed by atoms with van der Waals surface area (Å²) in [5, 5.41) is 21.0. The highest BCUT2D eigenvalue weighted by atomic mass is 16.4. The van der Waals surface area contributed by atoms with E-state index in [0.29, 0.717) is 39.3 Å². The minimum absolute atomic E-state index is 0.0499. The van der Waals surface area contributed by atoms with E-state index < -0.39 is 11.9 Å². The largest absolute Gasteiger partial charge is 0.480 e. The van der Waals surface area contributed by atoms with Crippen LogP contribution in [0, 0.1) is 11.3 Å². The molecule has 34 heavy (non-hydrogen) atoms. The van der Waals surface area contributed by atoms with Gasteiger partial charge in [-0.1, -0.05) is 20.8 Å². The molecule has 12 heteroatoms. The number of nitrogens with zero attached hydrogens (tertiary/aromatic N) is 4. The molecule has 0 aromatic rings. The molecule has 0 spiro atoms. The van der Waals surface area contributed by atoms with E-state index in [0.717, 1.165) is 0 Å². The first-order valence-electron chi connectivity index (χ1n) is 11.6. The van der Waals surface area contributed by atoms with Crippen LogP contribution in [0.25, 0.3) is 0 Å². The molecular formula is C22H37N5O7. The van der Waals surface area contributed by atoms with Gasteiger partial charge in [0.15, 0.2) is 0 Å². The lowest BCUT2D eigenvalue weighted by Gasteiger charge is -2.25. The van der Waals surface area contributed by atoms with E-state index in [1.54, 1.807) is 9.80 Å². The van der Waals surface area contributed by atoms with Crippen molar-refractivity contribution in [2.75, 3.05) is 72.0 Å². The maximum absolute atomic E-state index is 12.6. The Hall–Kier alpha value is -2.57. The van der Waals surface area contributed by atoms with Gasteiger partial charge in [-0.2, -0.15) is 0 Å². The van der Waals surface area contributed by atoms with Crippen LogP contribution in [0.5, 0.6) is 0 Å². The molecule has 0 saturated carbocycles. The van der Waals surface area contributed by atoms with Crippen LogP contribution in [0.3, 0.4) is 0 Å². The summed E-state index contributed by atoms with van der Waals surface area (Å²) in [6.45, 7) is 8.41. The first-order valence-corrected chi connectivity index (χ1v) is 11.6. The lowest BCUT2D eigenvalue weighted by Crippen LogP contribution is -2.45. The van der Waals surface area contributed by atoms with Crippen LogP contribution >= 0.6 is 0 Å². The summed E-state index contributed by atoms with van der Waals surface area (Å²) in [4.78, 5) is 66.1. The highest BCUT2D eigenvalue weighted by Crippen LogP contribution is 2.35. The first kappa shape index (κ1) is 27.7. The fraction of sp³-hybridized carbons (Fsp3) is 0.773. The summed E-state index contributed by atoms with van der Waals surface area (Å²) in [7, 11) is 0. The molecule has 3 N–H and O–H groups in total. The molecule has 12 nitrogen and oxygen atoms in total. The molecule has 1 atom stereocenters. The van der Waals surface area contributed by atoms with Gasteiger partial charge in [-0.15, -0.1) is 0 Å². The van der Waals surface area contributed by atoms with Crippen LogP contribution in [0.2, 0.25) is 0 Å². The Morgan fingerprint density at radius 3 is 1.68 bits per heavy atom. The van der Waals surface area contributed by atoms with Crippen molar-refractivity contribution in [3.63, 3.8) is 0 Å². The second kappa shape index (κ2) is 12.2. The van der Waals surface area contributed by atoms with Crippen molar-refractivity contribution in [3.05, 3.63) is 0 Å². The van der Waals surface area contributed by atoms with Crippen molar-refractivity contribution in [1.82, 2.24) is 24.9 Å². The second-order valence-corrected chi connectivity index (χ2v) is 9.97. The number of hydrogen-bond acceptors (Lipinski definition) is 8. The topological polar surface area (TPSA) is 151 Å². The van der Waals surface area contributed by atoms with E-state index in [-0.39, 0.29) is 68.2 Å². The minimum Gasteiger partial charge on any atom is -0.480 e. The Morgan fingerprint density at radius 1 is 0.853 bits per heavy atom. The molecule has 0 radical (unpaired) electrons. The molecule has 2 rings (SSSR count). The molecule has 0 aliphatic carbocycles. The normalized spacial score (nSPS) is 21.7. The lowest BCUT2D eigenvalue weighted by atomic mass is 9.80. The minimum atomic E-state index is -0.965. The van der Waals surface area contributed by atoms with Crippen LogP contribution < -0.4 is 5.32 Å². The summed E-state index contributed by atoms with van der Waals surface area (Å²) in [6, 6.07) is 0. The third-order valence-electron chi connectivity index (χ3n) is 6.23. The number of carbonyl (C=O) groups excluding carboxylic acids is 3. The number of carbonyl (C=O) groups is 5. The third-order valence-corrected chi connectivity index (χ3v) is 6.23. The summed E-state index contributed by atoms with van der Waals surface area (Å²) in [6.07, 6.45) is 0.184. The molecule has 192 valence electrons. The summed E-state index contributed by atoms with van der Waals surface area (Å²) >= 11 is 0. The molecule has 2 saturated heterocycles. The van der Waals surface area contributed by atoms with Gasteiger partial charge in [0.1, 0.15) is 0 Å². The molecule has 2 aliphatic rings. The number of hydrogen-bond donors (Lipinski definition) is 3. The molecule has 1 unspecified atom stereocenters. The van der Waals surface area contributed by atoms with Gasteiger partial charge in [0, 0.05) is 58.8 Å². The van der Waals surface area contributed by atoms with E-state index in [9.17, 15) is 24.0 Å². The summed E-state index contributed by atoms with van der Waals surface area (Å²) in [5.41, 5.74) is -0.308. The molecular weight excluding hydrogens is 446 g/mol.